The fourth-order valence-electron chi connectivity index (χ4n) is 4.15. The Balaban J connectivity index is 1.41. The molecule has 0 bridgehead atoms. The zero-order valence-corrected chi connectivity index (χ0v) is 25.0. The second-order valence-corrected chi connectivity index (χ2v) is 10.9. The van der Waals surface area contributed by atoms with Gasteiger partial charge in [0.25, 0.3) is 17.1 Å². The lowest BCUT2D eigenvalue weighted by Crippen LogP contribution is -2.36. The van der Waals surface area contributed by atoms with Crippen molar-refractivity contribution in [1.29, 1.82) is 0 Å². The van der Waals surface area contributed by atoms with Crippen LogP contribution in [-0.4, -0.2) is 47.6 Å². The number of nitrogens with one attached hydrogen (secondary N) is 2. The average Bonchev–Trinajstić information content (AvgIpc) is 3.19. The van der Waals surface area contributed by atoms with Gasteiger partial charge in [0.05, 0.1) is 11.5 Å². The Morgan fingerprint density at radius 1 is 0.833 bits per heavy atom. The number of nitrogens with zero attached hydrogens (tertiary/aromatic N) is 1. The van der Waals surface area contributed by atoms with Gasteiger partial charge in [-0.25, -0.2) is 0 Å². The SMILES string of the molecule is CCOc1cc(/C=C2/SC(=O)N(CC(=O)Nc3cc(C)ccc3C)C2=O)ccc1OCC(=O)Nc1ccc(C)c(C)c1. The molecule has 9 nitrogen and oxygen atoms in total. The van der Waals surface area contributed by atoms with Crippen molar-refractivity contribution in [3.63, 3.8) is 0 Å². The molecule has 4 amide bonds. The van der Waals surface area contributed by atoms with Crippen LogP contribution in [0.15, 0.2) is 59.5 Å². The summed E-state index contributed by atoms with van der Waals surface area (Å²) in [6.45, 7) is 9.30. The van der Waals surface area contributed by atoms with E-state index in [0.29, 0.717) is 35.0 Å². The van der Waals surface area contributed by atoms with Crippen molar-refractivity contribution in [2.45, 2.75) is 34.6 Å². The van der Waals surface area contributed by atoms with E-state index >= 15 is 0 Å². The molecule has 0 radical (unpaired) electrons. The Kier molecular flexibility index (Phi) is 9.69. The van der Waals surface area contributed by atoms with Crippen LogP contribution in [0.25, 0.3) is 6.08 Å². The number of imide groups is 1. The van der Waals surface area contributed by atoms with E-state index in [9.17, 15) is 19.2 Å². The summed E-state index contributed by atoms with van der Waals surface area (Å²) in [6, 6.07) is 16.3. The highest BCUT2D eigenvalue weighted by Gasteiger charge is 2.36. The average molecular weight is 588 g/mol. The van der Waals surface area contributed by atoms with Crippen molar-refractivity contribution in [2.24, 2.45) is 0 Å². The van der Waals surface area contributed by atoms with Gasteiger partial charge in [0.15, 0.2) is 18.1 Å². The Morgan fingerprint density at radius 3 is 2.33 bits per heavy atom. The molecule has 1 saturated heterocycles. The first kappa shape index (κ1) is 30.4. The third-order valence-corrected chi connectivity index (χ3v) is 7.46. The first-order valence-electron chi connectivity index (χ1n) is 13.4. The van der Waals surface area contributed by atoms with E-state index in [1.807, 2.05) is 71.0 Å². The lowest BCUT2D eigenvalue weighted by Gasteiger charge is -2.14. The van der Waals surface area contributed by atoms with Crippen LogP contribution in [0.4, 0.5) is 16.2 Å². The zero-order valence-electron chi connectivity index (χ0n) is 24.2. The Labute approximate surface area is 249 Å². The molecule has 0 spiro atoms. The van der Waals surface area contributed by atoms with Crippen LogP contribution in [0.5, 0.6) is 11.5 Å². The van der Waals surface area contributed by atoms with Gasteiger partial charge in [-0.3, -0.25) is 24.1 Å². The summed E-state index contributed by atoms with van der Waals surface area (Å²) in [6.07, 6.45) is 1.56. The highest BCUT2D eigenvalue weighted by molar-refractivity contribution is 8.18. The quantitative estimate of drug-likeness (QED) is 0.279. The van der Waals surface area contributed by atoms with Gasteiger partial charge in [-0.1, -0.05) is 24.3 Å². The maximum Gasteiger partial charge on any atom is 0.294 e. The van der Waals surface area contributed by atoms with Gasteiger partial charge in [-0.15, -0.1) is 0 Å². The highest BCUT2D eigenvalue weighted by atomic mass is 32.2. The number of carbonyl (C=O) groups excluding carboxylic acids is 4. The number of aryl methyl sites for hydroxylation is 4. The summed E-state index contributed by atoms with van der Waals surface area (Å²) < 4.78 is 11.4. The largest absolute Gasteiger partial charge is 0.490 e. The summed E-state index contributed by atoms with van der Waals surface area (Å²) >= 11 is 0.764. The molecule has 2 N–H and O–H groups in total. The predicted octanol–water partition coefficient (Wildman–Crippen LogP) is 6.01. The van der Waals surface area contributed by atoms with E-state index in [0.717, 1.165) is 38.9 Å². The second-order valence-electron chi connectivity index (χ2n) is 9.91. The van der Waals surface area contributed by atoms with Crippen molar-refractivity contribution in [2.75, 3.05) is 30.4 Å². The van der Waals surface area contributed by atoms with Crippen LogP contribution >= 0.6 is 11.8 Å². The Morgan fingerprint density at radius 2 is 1.60 bits per heavy atom. The number of anilines is 2. The molecule has 1 heterocycles. The van der Waals surface area contributed by atoms with Crippen molar-refractivity contribution >= 4 is 52.2 Å². The molecule has 0 aromatic heterocycles. The molecule has 1 aliphatic rings. The number of carbonyl (C=O) groups is 4. The summed E-state index contributed by atoms with van der Waals surface area (Å²) in [4.78, 5) is 51.8. The van der Waals surface area contributed by atoms with Crippen molar-refractivity contribution in [3.8, 4) is 11.5 Å². The van der Waals surface area contributed by atoms with Gasteiger partial charge >= 0.3 is 0 Å². The fourth-order valence-corrected chi connectivity index (χ4v) is 4.99. The molecule has 4 rings (SSSR count). The predicted molar refractivity (Wildman–Crippen MR) is 165 cm³/mol. The molecule has 42 heavy (non-hydrogen) atoms. The van der Waals surface area contributed by atoms with Crippen molar-refractivity contribution < 1.29 is 28.7 Å². The van der Waals surface area contributed by atoms with Gasteiger partial charge in [0.1, 0.15) is 6.54 Å². The smallest absolute Gasteiger partial charge is 0.294 e. The lowest BCUT2D eigenvalue weighted by molar-refractivity contribution is -0.127. The normalized spacial score (nSPS) is 13.8. The molecule has 1 fully saturated rings. The minimum absolute atomic E-state index is 0.184. The van der Waals surface area contributed by atoms with Gasteiger partial charge < -0.3 is 20.1 Å². The van der Waals surface area contributed by atoms with Crippen LogP contribution in [0.3, 0.4) is 0 Å². The first-order chi connectivity index (χ1) is 20.0. The minimum Gasteiger partial charge on any atom is -0.490 e. The van der Waals surface area contributed by atoms with Crippen LogP contribution in [0.1, 0.15) is 34.7 Å². The van der Waals surface area contributed by atoms with Crippen LogP contribution in [0, 0.1) is 27.7 Å². The van der Waals surface area contributed by atoms with Gasteiger partial charge in [0.2, 0.25) is 5.91 Å². The molecule has 0 atom stereocenters. The van der Waals surface area contributed by atoms with Crippen molar-refractivity contribution in [3.05, 3.63) is 87.3 Å². The second kappa shape index (κ2) is 13.4. The van der Waals surface area contributed by atoms with Gasteiger partial charge in [0, 0.05) is 11.4 Å². The van der Waals surface area contributed by atoms with E-state index in [1.54, 1.807) is 24.3 Å². The molecular formula is C32H33N3O6S. The van der Waals surface area contributed by atoms with E-state index in [2.05, 4.69) is 10.6 Å². The molecule has 10 heteroatoms. The lowest BCUT2D eigenvalue weighted by atomic mass is 10.1. The number of ether oxygens (including phenoxy) is 2. The molecule has 1 aliphatic heterocycles. The molecule has 0 aliphatic carbocycles. The van der Waals surface area contributed by atoms with Gasteiger partial charge in [-0.2, -0.15) is 0 Å². The van der Waals surface area contributed by atoms with E-state index in [4.69, 9.17) is 9.47 Å². The van der Waals surface area contributed by atoms with E-state index in [1.165, 1.54) is 0 Å². The minimum atomic E-state index is -0.553. The maximum atomic E-state index is 13.0. The summed E-state index contributed by atoms with van der Waals surface area (Å²) in [5.74, 6) is -0.589. The number of hydrogen-bond acceptors (Lipinski definition) is 7. The molecule has 3 aromatic rings. The first-order valence-corrected chi connectivity index (χ1v) is 14.2. The Bertz CT molecular complexity index is 1580. The summed E-state index contributed by atoms with van der Waals surface area (Å²) in [5, 5.41) is 5.07. The third kappa shape index (κ3) is 7.58. The van der Waals surface area contributed by atoms with E-state index in [-0.39, 0.29) is 17.4 Å². The maximum absolute atomic E-state index is 13.0. The third-order valence-electron chi connectivity index (χ3n) is 6.56. The summed E-state index contributed by atoms with van der Waals surface area (Å²) in [7, 11) is 0. The number of thioether (sulfide) groups is 1. The van der Waals surface area contributed by atoms with Crippen LogP contribution in [0.2, 0.25) is 0 Å². The van der Waals surface area contributed by atoms with Crippen LogP contribution in [-0.2, 0) is 14.4 Å². The molecular weight excluding hydrogens is 554 g/mol. The standard InChI is InChI=1S/C32H33N3O6S/c1-6-40-27-15-23(10-12-26(27)41-18-30(37)33-24-11-9-20(3)22(5)14-24)16-28-31(38)35(32(39)42-28)17-29(36)34-25-13-19(2)7-8-21(25)4/h7-16H,6,17-18H2,1-5H3,(H,33,37)(H,34,36)/b28-16+. The number of amides is 4. The van der Waals surface area contributed by atoms with Crippen LogP contribution < -0.4 is 20.1 Å². The van der Waals surface area contributed by atoms with Gasteiger partial charge in [-0.05, 0) is 111 Å². The number of rotatable bonds is 10. The molecule has 0 saturated carbocycles. The monoisotopic (exact) mass is 587 g/mol. The zero-order chi connectivity index (χ0) is 30.4. The molecule has 3 aromatic carbocycles. The molecule has 0 unspecified atom stereocenters. The topological polar surface area (TPSA) is 114 Å². The fraction of sp³-hybridized carbons (Fsp3) is 0.250. The summed E-state index contributed by atoms with van der Waals surface area (Å²) in [5.41, 5.74) is 5.97. The highest BCUT2D eigenvalue weighted by Crippen LogP contribution is 2.35. The van der Waals surface area contributed by atoms with E-state index < -0.39 is 23.6 Å². The molecule has 218 valence electrons. The number of benzene rings is 3. The van der Waals surface area contributed by atoms with Crippen molar-refractivity contribution in [1.82, 2.24) is 4.90 Å². The number of hydrogen-bond donors (Lipinski definition) is 2. The Hall–Kier alpha value is -4.57.